The van der Waals surface area contributed by atoms with Gasteiger partial charge in [0.2, 0.25) is 0 Å². The van der Waals surface area contributed by atoms with Crippen LogP contribution in [0, 0.1) is 38.3 Å². The summed E-state index contributed by atoms with van der Waals surface area (Å²) in [6, 6.07) is 33.4. The Morgan fingerprint density at radius 3 is 2.18 bits per heavy atom. The first-order chi connectivity index (χ1) is 26.6. The zero-order valence-corrected chi connectivity index (χ0v) is 37.9. The summed E-state index contributed by atoms with van der Waals surface area (Å²) >= 11 is 0. The smallest absolute Gasteiger partial charge is 0.386 e. The molecule has 1 aliphatic carbocycles. The van der Waals surface area contributed by atoms with Crippen molar-refractivity contribution in [2.24, 2.45) is 10.4 Å². The second kappa shape index (κ2) is 14.0. The van der Waals surface area contributed by atoms with Gasteiger partial charge >= 0.3 is 21.1 Å². The summed E-state index contributed by atoms with van der Waals surface area (Å²) < 4.78 is 4.71. The first-order valence-electron chi connectivity index (χ1n) is 20.9. The van der Waals surface area contributed by atoms with Crippen molar-refractivity contribution in [3.05, 3.63) is 113 Å². The molecule has 7 aromatic rings. The SMILES string of the molecule is Cc1ccc2c(c1)c1ccc(-n3c4ccc(C(C)C)cc4c4cccnc43)[c-]c1n2-c1[c-]c(C2=N[C@](C)(C(C)(C)C)C(C)(C)N2C2CCCCC2)c(C)cc1C.[Pt+2]. The molecule has 296 valence electrons. The maximum Gasteiger partial charge on any atom is 2.00 e. The molecular weight excluding hydrogens is 878 g/mol. The van der Waals surface area contributed by atoms with E-state index in [0.717, 1.165) is 50.4 Å². The standard InChI is InChI=1S/C51H57N5.Pt/c1-31(2)35-20-24-43-42(28-35)39-18-15-25-52-47(39)54(43)37-21-22-38-41-26-32(3)19-23-44(41)55(46(38)29-37)45-30-40(33(4)27-34(45)5)48-53-51(11,49(6,7)8)50(9,10)56(48)36-16-13-12-14-17-36;/h15,18-28,31,36H,12-14,16-17H2,1-11H3;/q-2;+2/t51-;/m1./s1. The third-order valence-electron chi connectivity index (χ3n) is 13.9. The fourth-order valence-corrected chi connectivity index (χ4v) is 10.3. The van der Waals surface area contributed by atoms with E-state index in [0.29, 0.717) is 12.0 Å². The normalized spacial score (nSPS) is 19.0. The van der Waals surface area contributed by atoms with Gasteiger partial charge in [0.15, 0.2) is 0 Å². The molecule has 2 aliphatic rings. The Hall–Kier alpha value is -4.21. The number of nitrogens with zero attached hydrogens (tertiary/aromatic N) is 5. The van der Waals surface area contributed by atoms with Gasteiger partial charge in [-0.15, -0.1) is 46.3 Å². The molecule has 1 saturated carbocycles. The molecule has 0 N–H and O–H groups in total. The molecule has 0 spiro atoms. The summed E-state index contributed by atoms with van der Waals surface area (Å²) in [7, 11) is 0. The topological polar surface area (TPSA) is 38.4 Å². The molecule has 6 heteroatoms. The Bertz CT molecular complexity index is 2730. The van der Waals surface area contributed by atoms with Crippen LogP contribution in [0.25, 0.3) is 55.1 Å². The Morgan fingerprint density at radius 1 is 0.754 bits per heavy atom. The Labute approximate surface area is 353 Å². The van der Waals surface area contributed by atoms with Gasteiger partial charge in [-0.25, -0.2) is 4.98 Å². The minimum atomic E-state index is -0.294. The van der Waals surface area contributed by atoms with Crippen LogP contribution >= 0.6 is 0 Å². The number of rotatable bonds is 5. The fraction of sp³-hybridized carbons (Fsp3) is 0.412. The number of pyridine rings is 1. The van der Waals surface area contributed by atoms with Crippen LogP contribution in [-0.4, -0.2) is 42.0 Å². The van der Waals surface area contributed by atoms with Crippen molar-refractivity contribution >= 4 is 49.6 Å². The van der Waals surface area contributed by atoms with Crippen molar-refractivity contribution in [1.29, 1.82) is 0 Å². The average Bonchev–Trinajstić information content (AvgIpc) is 3.73. The Balaban J connectivity index is 0.00000455. The summed E-state index contributed by atoms with van der Waals surface area (Å²) in [6.07, 6.45) is 8.19. The predicted octanol–water partition coefficient (Wildman–Crippen LogP) is 12.9. The second-order valence-electron chi connectivity index (χ2n) is 18.9. The molecule has 0 saturated heterocycles. The van der Waals surface area contributed by atoms with Crippen LogP contribution in [-0.2, 0) is 21.1 Å². The fourth-order valence-electron chi connectivity index (χ4n) is 10.3. The van der Waals surface area contributed by atoms with Crippen molar-refractivity contribution < 1.29 is 21.1 Å². The van der Waals surface area contributed by atoms with Crippen LogP contribution in [0.4, 0.5) is 0 Å². The molecular formula is C51H57N5Pt. The Kier molecular flexibility index (Phi) is 9.71. The monoisotopic (exact) mass is 934 g/mol. The summed E-state index contributed by atoms with van der Waals surface area (Å²) in [4.78, 5) is 13.5. The molecule has 57 heavy (non-hydrogen) atoms. The van der Waals surface area contributed by atoms with Gasteiger partial charge in [-0.2, -0.15) is 6.07 Å². The van der Waals surface area contributed by atoms with Crippen LogP contribution in [0.1, 0.15) is 121 Å². The number of aliphatic imine (C=N–C) groups is 1. The molecule has 5 nitrogen and oxygen atoms in total. The number of benzene rings is 4. The minimum Gasteiger partial charge on any atom is -0.386 e. The number of aromatic nitrogens is 3. The van der Waals surface area contributed by atoms with E-state index in [1.54, 1.807) is 0 Å². The number of aryl methyl sites for hydroxylation is 3. The van der Waals surface area contributed by atoms with E-state index in [-0.39, 0.29) is 37.6 Å². The van der Waals surface area contributed by atoms with E-state index in [1.165, 1.54) is 70.5 Å². The van der Waals surface area contributed by atoms with Crippen LogP contribution in [0.15, 0.2) is 77.9 Å². The van der Waals surface area contributed by atoms with Gasteiger partial charge in [0.05, 0.1) is 16.6 Å². The van der Waals surface area contributed by atoms with E-state index >= 15 is 0 Å². The average molecular weight is 935 g/mol. The molecule has 3 aromatic heterocycles. The minimum absolute atomic E-state index is 0. The summed E-state index contributed by atoms with van der Waals surface area (Å²) in [5.41, 5.74) is 11.9. The quantitative estimate of drug-likeness (QED) is 0.161. The van der Waals surface area contributed by atoms with E-state index in [2.05, 4.69) is 163 Å². The molecule has 0 unspecified atom stereocenters. The van der Waals surface area contributed by atoms with Crippen LogP contribution in [0.2, 0.25) is 0 Å². The molecule has 1 atom stereocenters. The van der Waals surface area contributed by atoms with E-state index < -0.39 is 0 Å². The molecule has 1 aliphatic heterocycles. The molecule has 0 bridgehead atoms. The van der Waals surface area contributed by atoms with Crippen molar-refractivity contribution in [3.8, 4) is 11.4 Å². The van der Waals surface area contributed by atoms with Gasteiger partial charge in [0, 0.05) is 34.4 Å². The third-order valence-corrected chi connectivity index (χ3v) is 13.9. The van der Waals surface area contributed by atoms with Gasteiger partial charge in [-0.3, -0.25) is 0 Å². The first-order valence-corrected chi connectivity index (χ1v) is 20.9. The zero-order chi connectivity index (χ0) is 39.5. The second-order valence-corrected chi connectivity index (χ2v) is 18.9. The summed E-state index contributed by atoms with van der Waals surface area (Å²) in [5, 5.41) is 4.79. The molecule has 0 amide bonds. The maximum absolute atomic E-state index is 5.83. The number of hydrogen-bond donors (Lipinski definition) is 0. The van der Waals surface area contributed by atoms with Crippen molar-refractivity contribution in [1.82, 2.24) is 19.0 Å². The maximum atomic E-state index is 5.83. The molecule has 1 fully saturated rings. The van der Waals surface area contributed by atoms with Crippen LogP contribution in [0.5, 0.6) is 0 Å². The first kappa shape index (κ1) is 39.6. The van der Waals surface area contributed by atoms with Crippen LogP contribution < -0.4 is 0 Å². The molecule has 4 aromatic carbocycles. The van der Waals surface area contributed by atoms with Gasteiger partial charge in [-0.1, -0.05) is 103 Å². The van der Waals surface area contributed by atoms with E-state index in [4.69, 9.17) is 9.98 Å². The van der Waals surface area contributed by atoms with Gasteiger partial charge in [-0.05, 0) is 98.8 Å². The van der Waals surface area contributed by atoms with E-state index in [1.807, 2.05) is 12.3 Å². The predicted molar refractivity (Wildman–Crippen MR) is 236 cm³/mol. The molecule has 0 radical (unpaired) electrons. The van der Waals surface area contributed by atoms with Crippen LogP contribution in [0.3, 0.4) is 0 Å². The van der Waals surface area contributed by atoms with Gasteiger partial charge < -0.3 is 19.0 Å². The Morgan fingerprint density at radius 2 is 1.46 bits per heavy atom. The molecule has 4 heterocycles. The van der Waals surface area contributed by atoms with E-state index in [9.17, 15) is 0 Å². The largest absolute Gasteiger partial charge is 2.00 e. The number of amidine groups is 1. The van der Waals surface area contributed by atoms with Crippen molar-refractivity contribution in [3.63, 3.8) is 0 Å². The van der Waals surface area contributed by atoms with Gasteiger partial charge in [0.1, 0.15) is 5.65 Å². The third kappa shape index (κ3) is 5.96. The number of hydrogen-bond acceptors (Lipinski definition) is 3. The van der Waals surface area contributed by atoms with Gasteiger partial charge in [0.25, 0.3) is 0 Å². The van der Waals surface area contributed by atoms with Crippen molar-refractivity contribution in [2.75, 3.05) is 0 Å². The number of fused-ring (bicyclic) bond motifs is 6. The van der Waals surface area contributed by atoms with Crippen molar-refractivity contribution in [2.45, 2.75) is 131 Å². The summed E-state index contributed by atoms with van der Waals surface area (Å²) in [6.45, 7) is 25.5. The molecule has 9 rings (SSSR count). The summed E-state index contributed by atoms with van der Waals surface area (Å²) in [5.74, 6) is 1.55. The zero-order valence-electron chi connectivity index (χ0n) is 35.7.